The number of rotatable bonds is 46. The minimum atomic E-state index is -1.98. The van der Waals surface area contributed by atoms with Gasteiger partial charge >= 0.3 is 0 Å². The second kappa shape index (κ2) is 45.1. The van der Waals surface area contributed by atoms with Gasteiger partial charge in [0.25, 0.3) is 0 Å². The smallest absolute Gasteiger partial charge is 0.220 e. The SMILES string of the molecule is CCC/C=C/CC/C=C/C(O)C(COC1OC(CO)C(OC2OC(CO)C(OC3OC(CO)C(O)C(O)C3O)C(O)C2O)C(O)C1O)NC(=O)CCCCCCCCCCCCCCCCCCC/C=C\C/C=C\CCCCCCC. The zero-order valence-electron chi connectivity index (χ0n) is 49.3. The third-order valence-electron chi connectivity index (χ3n) is 15.6. The predicted octanol–water partition coefficient (Wildman–Crippen LogP) is 6.26. The molecule has 3 fully saturated rings. The van der Waals surface area contributed by atoms with Crippen molar-refractivity contribution in [3.05, 3.63) is 48.6 Å². The van der Waals surface area contributed by atoms with Crippen LogP contribution in [0.25, 0.3) is 0 Å². The molecule has 3 aliphatic heterocycles. The maximum atomic E-state index is 13.3. The van der Waals surface area contributed by atoms with Crippen molar-refractivity contribution in [2.75, 3.05) is 26.4 Å². The quantitative estimate of drug-likeness (QED) is 0.0236. The van der Waals surface area contributed by atoms with Crippen LogP contribution < -0.4 is 5.32 Å². The van der Waals surface area contributed by atoms with Crippen molar-refractivity contribution in [1.29, 1.82) is 0 Å². The molecular formula is C62H111NO18. The Bertz CT molecular complexity index is 1670. The van der Waals surface area contributed by atoms with Gasteiger partial charge in [-0.3, -0.25) is 4.79 Å². The molecule has 0 aromatic carbocycles. The first-order valence-corrected chi connectivity index (χ1v) is 31.4. The number of carbonyl (C=O) groups excluding carboxylic acids is 1. The van der Waals surface area contributed by atoms with Crippen molar-refractivity contribution in [2.45, 2.75) is 311 Å². The molecule has 0 aromatic heterocycles. The first-order valence-electron chi connectivity index (χ1n) is 31.4. The van der Waals surface area contributed by atoms with Gasteiger partial charge in [0, 0.05) is 6.42 Å². The van der Waals surface area contributed by atoms with Crippen LogP contribution >= 0.6 is 0 Å². The molecule has 0 spiro atoms. The summed E-state index contributed by atoms with van der Waals surface area (Å²) in [6, 6.07) is -0.986. The summed E-state index contributed by atoms with van der Waals surface area (Å²) in [6.07, 6.45) is 24.5. The fourth-order valence-corrected chi connectivity index (χ4v) is 10.4. The van der Waals surface area contributed by atoms with Crippen molar-refractivity contribution < 1.29 is 89.4 Å². The molecule has 1 amide bonds. The number of amides is 1. The Labute approximate surface area is 484 Å². The molecule has 19 nitrogen and oxygen atoms in total. The molecule has 0 saturated carbocycles. The van der Waals surface area contributed by atoms with E-state index >= 15 is 0 Å². The Hall–Kier alpha value is -2.25. The van der Waals surface area contributed by atoms with E-state index in [0.29, 0.717) is 12.8 Å². The van der Waals surface area contributed by atoms with Crippen LogP contribution in [0.2, 0.25) is 0 Å². The summed E-state index contributed by atoms with van der Waals surface area (Å²) in [5.41, 5.74) is 0. The average Bonchev–Trinajstić information content (AvgIpc) is 3.58. The van der Waals surface area contributed by atoms with E-state index in [1.54, 1.807) is 6.08 Å². The summed E-state index contributed by atoms with van der Waals surface area (Å²) in [5, 5.41) is 120. The highest BCUT2D eigenvalue weighted by molar-refractivity contribution is 5.76. The van der Waals surface area contributed by atoms with Crippen LogP contribution in [0.4, 0.5) is 0 Å². The molecule has 0 aromatic rings. The van der Waals surface area contributed by atoms with Gasteiger partial charge in [0.2, 0.25) is 5.91 Å². The molecule has 0 radical (unpaired) electrons. The highest BCUT2D eigenvalue weighted by atomic mass is 16.8. The highest BCUT2D eigenvalue weighted by Crippen LogP contribution is 2.33. The predicted molar refractivity (Wildman–Crippen MR) is 309 cm³/mol. The molecule has 3 saturated heterocycles. The molecule has 3 aliphatic rings. The van der Waals surface area contributed by atoms with Gasteiger partial charge < -0.3 is 89.9 Å². The van der Waals surface area contributed by atoms with Crippen molar-refractivity contribution in [3.63, 3.8) is 0 Å². The Balaban J connectivity index is 1.35. The summed E-state index contributed by atoms with van der Waals surface area (Å²) in [5.74, 6) is -0.290. The van der Waals surface area contributed by atoms with E-state index < -0.39 is 124 Å². The molecule has 81 heavy (non-hydrogen) atoms. The Morgan fingerprint density at radius 1 is 0.444 bits per heavy atom. The minimum absolute atomic E-state index is 0.235. The molecule has 3 rings (SSSR count). The highest BCUT2D eigenvalue weighted by Gasteiger charge is 2.53. The molecule has 3 heterocycles. The molecule has 19 heteroatoms. The second-order valence-corrected chi connectivity index (χ2v) is 22.5. The molecular weight excluding hydrogens is 1050 g/mol. The molecule has 17 unspecified atom stereocenters. The average molecular weight is 1160 g/mol. The first-order chi connectivity index (χ1) is 39.3. The van der Waals surface area contributed by atoms with Gasteiger partial charge in [-0.2, -0.15) is 0 Å². The van der Waals surface area contributed by atoms with Crippen LogP contribution in [0.1, 0.15) is 206 Å². The summed E-state index contributed by atoms with van der Waals surface area (Å²) >= 11 is 0. The molecule has 472 valence electrons. The summed E-state index contributed by atoms with van der Waals surface area (Å²) in [4.78, 5) is 13.3. The van der Waals surface area contributed by atoms with Crippen molar-refractivity contribution in [1.82, 2.24) is 5.32 Å². The Kier molecular flexibility index (Phi) is 40.7. The number of hydrogen-bond acceptors (Lipinski definition) is 18. The zero-order chi connectivity index (χ0) is 59.0. The number of unbranched alkanes of at least 4 members (excludes halogenated alkanes) is 24. The summed E-state index contributed by atoms with van der Waals surface area (Å²) in [7, 11) is 0. The summed E-state index contributed by atoms with van der Waals surface area (Å²) < 4.78 is 34.1. The van der Waals surface area contributed by atoms with E-state index in [-0.39, 0.29) is 18.9 Å². The molecule has 0 aliphatic carbocycles. The van der Waals surface area contributed by atoms with Crippen molar-refractivity contribution in [2.24, 2.45) is 0 Å². The first kappa shape index (κ1) is 73.0. The van der Waals surface area contributed by atoms with E-state index in [1.165, 1.54) is 128 Å². The van der Waals surface area contributed by atoms with Gasteiger partial charge in [-0.25, -0.2) is 0 Å². The minimum Gasteiger partial charge on any atom is -0.394 e. The monoisotopic (exact) mass is 1160 g/mol. The number of ether oxygens (including phenoxy) is 6. The van der Waals surface area contributed by atoms with Crippen LogP contribution in [0.15, 0.2) is 48.6 Å². The van der Waals surface area contributed by atoms with Crippen LogP contribution in [0.5, 0.6) is 0 Å². The van der Waals surface area contributed by atoms with Crippen LogP contribution in [-0.2, 0) is 33.2 Å². The number of aliphatic hydroxyl groups is 11. The Morgan fingerprint density at radius 2 is 0.852 bits per heavy atom. The molecule has 12 N–H and O–H groups in total. The van der Waals surface area contributed by atoms with Crippen LogP contribution in [0.3, 0.4) is 0 Å². The standard InChI is InChI=1S/C62H111NO18/c1-3-5-7-9-11-12-13-14-15-16-17-18-19-20-21-22-23-24-25-26-27-28-29-30-31-32-34-36-38-40-50(68)63-45(46(67)39-37-35-33-10-8-6-4-2)44-76-60-56(74)53(71)58(48(42-65)78-60)81-62-57(75)54(72)59(49(43-66)79-62)80-61-55(73)52(70)51(69)47(41-64)77-61/h8,10,13-14,16-17,37,39,45-49,51-62,64-67,69-75H,3-7,9,11-12,15,18-36,38,40-44H2,1-2H3,(H,63,68)/b10-8+,14-13-,17-16-,39-37+. The topological polar surface area (TPSA) is 307 Å². The van der Waals surface area contributed by atoms with Gasteiger partial charge in [-0.1, -0.05) is 191 Å². The van der Waals surface area contributed by atoms with Crippen molar-refractivity contribution in [3.8, 4) is 0 Å². The number of allylic oxidation sites excluding steroid dienone is 7. The maximum absolute atomic E-state index is 13.3. The van der Waals surface area contributed by atoms with Gasteiger partial charge in [-0.05, 0) is 57.8 Å². The van der Waals surface area contributed by atoms with Gasteiger partial charge in [0.05, 0.1) is 38.6 Å². The number of carbonyl (C=O) groups is 1. The third kappa shape index (κ3) is 28.7. The lowest BCUT2D eigenvalue weighted by Crippen LogP contribution is -2.66. The van der Waals surface area contributed by atoms with E-state index in [0.717, 1.165) is 44.9 Å². The largest absolute Gasteiger partial charge is 0.394 e. The maximum Gasteiger partial charge on any atom is 0.220 e. The lowest BCUT2D eigenvalue weighted by atomic mass is 9.96. The fraction of sp³-hybridized carbons (Fsp3) is 0.855. The van der Waals surface area contributed by atoms with Crippen molar-refractivity contribution >= 4 is 5.91 Å². The fourth-order valence-electron chi connectivity index (χ4n) is 10.4. The van der Waals surface area contributed by atoms with Gasteiger partial charge in [-0.15, -0.1) is 0 Å². The van der Waals surface area contributed by atoms with E-state index in [4.69, 9.17) is 28.4 Å². The molecule has 17 atom stereocenters. The lowest BCUT2D eigenvalue weighted by molar-refractivity contribution is -0.379. The van der Waals surface area contributed by atoms with Crippen LogP contribution in [-0.4, -0.2) is 193 Å². The normalized spacial score (nSPS) is 30.1. The second-order valence-electron chi connectivity index (χ2n) is 22.5. The zero-order valence-corrected chi connectivity index (χ0v) is 49.3. The van der Waals surface area contributed by atoms with E-state index in [1.807, 2.05) is 6.08 Å². The van der Waals surface area contributed by atoms with Gasteiger partial charge in [0.1, 0.15) is 73.2 Å². The summed E-state index contributed by atoms with van der Waals surface area (Å²) in [6.45, 7) is 1.56. The lowest BCUT2D eigenvalue weighted by Gasteiger charge is -2.48. The van der Waals surface area contributed by atoms with Crippen LogP contribution in [0, 0.1) is 0 Å². The molecule has 0 bridgehead atoms. The van der Waals surface area contributed by atoms with E-state index in [9.17, 15) is 61.0 Å². The van der Waals surface area contributed by atoms with Gasteiger partial charge in [0.15, 0.2) is 18.9 Å². The number of nitrogens with one attached hydrogen (secondary N) is 1. The third-order valence-corrected chi connectivity index (χ3v) is 15.6. The number of aliphatic hydroxyl groups excluding tert-OH is 11. The number of hydrogen-bond donors (Lipinski definition) is 12. The van der Waals surface area contributed by atoms with E-state index in [2.05, 4.69) is 55.6 Å². The Morgan fingerprint density at radius 3 is 1.35 bits per heavy atom.